The Kier molecular flexibility index (Phi) is 13.9. The van der Waals surface area contributed by atoms with E-state index in [0.717, 1.165) is 41.6 Å². The molecule has 3 rings (SSSR count). The second-order valence-electron chi connectivity index (χ2n) is 12.5. The lowest BCUT2D eigenvalue weighted by atomic mass is 9.91. The smallest absolute Gasteiger partial charge is 0.407 e. The third kappa shape index (κ3) is 11.2. The van der Waals surface area contributed by atoms with Crippen molar-refractivity contribution in [2.45, 2.75) is 83.3 Å². The average Bonchev–Trinajstić information content (AvgIpc) is 3.33. The van der Waals surface area contributed by atoms with Crippen LogP contribution in [0.25, 0.3) is 11.1 Å². The fraction of sp³-hybridized carbons (Fsp3) is 0.543. The number of carbonyl (C=O) groups excluding carboxylic acids is 4. The van der Waals surface area contributed by atoms with Crippen molar-refractivity contribution in [3.8, 4) is 11.1 Å². The molecule has 0 aromatic heterocycles. The van der Waals surface area contributed by atoms with Gasteiger partial charge in [-0.25, -0.2) is 9.59 Å². The number of ketones is 1. The lowest BCUT2D eigenvalue weighted by Gasteiger charge is -2.22. The molecule has 0 saturated carbocycles. The van der Waals surface area contributed by atoms with Crippen LogP contribution < -0.4 is 21.3 Å². The van der Waals surface area contributed by atoms with Crippen LogP contribution in [0.4, 0.5) is 9.59 Å². The van der Waals surface area contributed by atoms with E-state index in [0.29, 0.717) is 32.2 Å². The molecule has 1 aliphatic carbocycles. The molecule has 4 N–H and O–H groups in total. The minimum absolute atomic E-state index is 0.0176. The zero-order valence-corrected chi connectivity index (χ0v) is 27.4. The number of carbonyl (C=O) groups is 4. The predicted molar refractivity (Wildman–Crippen MR) is 175 cm³/mol. The number of amides is 3. The van der Waals surface area contributed by atoms with Crippen molar-refractivity contribution in [3.63, 3.8) is 0 Å². The second-order valence-corrected chi connectivity index (χ2v) is 12.5. The van der Waals surface area contributed by atoms with Crippen molar-refractivity contribution in [3.05, 3.63) is 59.7 Å². The van der Waals surface area contributed by atoms with Gasteiger partial charge < -0.3 is 30.7 Å². The molecule has 0 bridgehead atoms. The van der Waals surface area contributed by atoms with Crippen LogP contribution in [-0.2, 0) is 19.1 Å². The molecule has 3 amide bonds. The first-order chi connectivity index (χ1) is 21.5. The number of ether oxygens (including phenoxy) is 2. The fourth-order valence-corrected chi connectivity index (χ4v) is 5.68. The highest BCUT2D eigenvalue weighted by molar-refractivity contribution is 5.91. The van der Waals surface area contributed by atoms with E-state index >= 15 is 0 Å². The van der Waals surface area contributed by atoms with Gasteiger partial charge in [-0.1, -0.05) is 55.0 Å². The fourth-order valence-electron chi connectivity index (χ4n) is 5.68. The van der Waals surface area contributed by atoms with Gasteiger partial charge in [0.1, 0.15) is 12.2 Å². The molecule has 45 heavy (non-hydrogen) atoms. The molecule has 0 radical (unpaired) electrons. The Morgan fingerprint density at radius 2 is 1.40 bits per heavy atom. The highest BCUT2D eigenvalue weighted by Gasteiger charge is 2.31. The first-order valence-corrected chi connectivity index (χ1v) is 16.0. The van der Waals surface area contributed by atoms with Gasteiger partial charge in [0.25, 0.3) is 0 Å². The Balaban J connectivity index is 1.63. The number of hydrogen-bond acceptors (Lipinski definition) is 7. The van der Waals surface area contributed by atoms with Crippen LogP contribution in [0.1, 0.15) is 82.8 Å². The monoisotopic (exact) mass is 622 g/mol. The van der Waals surface area contributed by atoms with Crippen LogP contribution in [0.15, 0.2) is 48.5 Å². The standard InChI is InChI=1S/C35H50N4O6/c1-35(2,3)45-33(42)38-21-13-11-19-30(31(40)22-24(32(41)37-5)14-10-12-20-36-4)39-34(43)44-23-29-27-17-8-6-15-25(27)26-16-7-9-18-28(26)29/h6-9,15-18,24,29-30,36H,10-14,19-23H2,1-5H3,(H,37,41)(H,38,42)(H,39,43)/t24-,30+/m1/s1. The van der Waals surface area contributed by atoms with Crippen LogP contribution in [0.3, 0.4) is 0 Å². The van der Waals surface area contributed by atoms with E-state index in [1.165, 1.54) is 0 Å². The Morgan fingerprint density at radius 1 is 0.800 bits per heavy atom. The zero-order chi connectivity index (χ0) is 32.8. The van der Waals surface area contributed by atoms with E-state index < -0.39 is 29.7 Å². The van der Waals surface area contributed by atoms with E-state index in [1.54, 1.807) is 27.8 Å². The highest BCUT2D eigenvalue weighted by Crippen LogP contribution is 2.44. The quantitative estimate of drug-likeness (QED) is 0.176. The summed E-state index contributed by atoms with van der Waals surface area (Å²) in [5.74, 6) is -0.994. The third-order valence-electron chi connectivity index (χ3n) is 7.91. The van der Waals surface area contributed by atoms with Gasteiger partial charge in [-0.3, -0.25) is 9.59 Å². The third-order valence-corrected chi connectivity index (χ3v) is 7.91. The molecule has 10 heteroatoms. The maximum Gasteiger partial charge on any atom is 0.407 e. The molecular formula is C35H50N4O6. The number of rotatable bonds is 17. The molecule has 246 valence electrons. The zero-order valence-electron chi connectivity index (χ0n) is 27.4. The van der Waals surface area contributed by atoms with Gasteiger partial charge in [0.05, 0.1) is 6.04 Å². The lowest BCUT2D eigenvalue weighted by Crippen LogP contribution is -2.43. The van der Waals surface area contributed by atoms with Gasteiger partial charge in [-0.05, 0) is 88.7 Å². The molecule has 1 aliphatic rings. The number of unbranched alkanes of at least 4 members (excludes halogenated alkanes) is 2. The largest absolute Gasteiger partial charge is 0.449 e. The summed E-state index contributed by atoms with van der Waals surface area (Å²) in [6, 6.07) is 15.4. The average molecular weight is 623 g/mol. The summed E-state index contributed by atoms with van der Waals surface area (Å²) in [5.41, 5.74) is 3.87. The van der Waals surface area contributed by atoms with Crippen molar-refractivity contribution in [1.82, 2.24) is 21.3 Å². The van der Waals surface area contributed by atoms with E-state index in [-0.39, 0.29) is 30.6 Å². The minimum Gasteiger partial charge on any atom is -0.449 e. The van der Waals surface area contributed by atoms with Crippen molar-refractivity contribution in [2.24, 2.45) is 5.92 Å². The second kappa shape index (κ2) is 17.5. The maximum absolute atomic E-state index is 13.6. The topological polar surface area (TPSA) is 135 Å². The summed E-state index contributed by atoms with van der Waals surface area (Å²) in [4.78, 5) is 51.3. The number of nitrogens with one attached hydrogen (secondary N) is 4. The van der Waals surface area contributed by atoms with Crippen molar-refractivity contribution < 1.29 is 28.7 Å². The maximum atomic E-state index is 13.6. The van der Waals surface area contributed by atoms with Gasteiger partial charge in [-0.15, -0.1) is 0 Å². The Morgan fingerprint density at radius 3 is 2.00 bits per heavy atom. The first-order valence-electron chi connectivity index (χ1n) is 16.0. The molecular weight excluding hydrogens is 572 g/mol. The van der Waals surface area contributed by atoms with Crippen LogP contribution in [0, 0.1) is 5.92 Å². The molecule has 0 saturated heterocycles. The number of Topliss-reactive ketones (excluding diaryl/α,β-unsaturated/α-hetero) is 1. The summed E-state index contributed by atoms with van der Waals surface area (Å²) in [7, 11) is 3.44. The SMILES string of the molecule is CNCCCC[C@H](CC(=O)[C@H](CCCCNC(=O)OC(C)(C)C)NC(=O)OCC1c2ccccc2-c2ccccc21)C(=O)NC. The first kappa shape index (κ1) is 35.6. The molecule has 0 aliphatic heterocycles. The molecule has 0 fully saturated rings. The van der Waals surface area contributed by atoms with Crippen LogP contribution in [-0.4, -0.2) is 69.3 Å². The van der Waals surface area contributed by atoms with Gasteiger partial charge >= 0.3 is 12.2 Å². The van der Waals surface area contributed by atoms with Crippen LogP contribution >= 0.6 is 0 Å². The summed E-state index contributed by atoms with van der Waals surface area (Å²) in [5, 5.41) is 11.3. The summed E-state index contributed by atoms with van der Waals surface area (Å²) in [6.07, 6.45) is 2.59. The molecule has 10 nitrogen and oxygen atoms in total. The number of fused-ring (bicyclic) bond motifs is 3. The van der Waals surface area contributed by atoms with Crippen LogP contribution in [0.5, 0.6) is 0 Å². The van der Waals surface area contributed by atoms with Crippen molar-refractivity contribution in [2.75, 3.05) is 33.8 Å². The molecule has 2 aromatic rings. The number of alkyl carbamates (subject to hydrolysis) is 2. The van der Waals surface area contributed by atoms with E-state index in [4.69, 9.17) is 9.47 Å². The summed E-state index contributed by atoms with van der Waals surface area (Å²) in [6.45, 7) is 6.72. The Hall–Kier alpha value is -3.92. The van der Waals surface area contributed by atoms with Crippen LogP contribution in [0.2, 0.25) is 0 Å². The van der Waals surface area contributed by atoms with Gasteiger partial charge in [-0.2, -0.15) is 0 Å². The molecule has 0 unspecified atom stereocenters. The summed E-state index contributed by atoms with van der Waals surface area (Å²) < 4.78 is 11.0. The van der Waals surface area contributed by atoms with E-state index in [2.05, 4.69) is 33.4 Å². The Labute approximate surface area is 267 Å². The van der Waals surface area contributed by atoms with Crippen molar-refractivity contribution >= 4 is 23.9 Å². The van der Waals surface area contributed by atoms with Gasteiger partial charge in [0, 0.05) is 31.8 Å². The number of hydrogen-bond donors (Lipinski definition) is 4. The lowest BCUT2D eigenvalue weighted by molar-refractivity contribution is -0.130. The highest BCUT2D eigenvalue weighted by atomic mass is 16.6. The van der Waals surface area contributed by atoms with E-state index in [1.807, 2.05) is 43.4 Å². The summed E-state index contributed by atoms with van der Waals surface area (Å²) >= 11 is 0. The molecule has 0 heterocycles. The molecule has 2 aromatic carbocycles. The molecule has 0 spiro atoms. The Bertz CT molecular complexity index is 1250. The molecule has 2 atom stereocenters. The number of benzene rings is 2. The predicted octanol–water partition coefficient (Wildman–Crippen LogP) is 5.30. The van der Waals surface area contributed by atoms with Gasteiger partial charge in [0.15, 0.2) is 5.78 Å². The van der Waals surface area contributed by atoms with Gasteiger partial charge in [0.2, 0.25) is 5.91 Å². The minimum atomic E-state index is -0.827. The van der Waals surface area contributed by atoms with Crippen molar-refractivity contribution in [1.29, 1.82) is 0 Å². The van der Waals surface area contributed by atoms with E-state index in [9.17, 15) is 19.2 Å². The normalized spacial score (nSPS) is 13.6.